The Hall–Kier alpha value is -1.36. The van der Waals surface area contributed by atoms with Crippen molar-refractivity contribution in [1.29, 1.82) is 0 Å². The van der Waals surface area contributed by atoms with Gasteiger partial charge in [0.05, 0.1) is 6.42 Å². The Morgan fingerprint density at radius 1 is 1.47 bits per heavy atom. The smallest absolute Gasteiger partial charge is 0.305 e. The molecule has 0 aliphatic carbocycles. The number of carboxylic acid groups (broad SMARTS) is 1. The first-order valence-corrected chi connectivity index (χ1v) is 5.96. The van der Waals surface area contributed by atoms with Crippen molar-refractivity contribution in [2.45, 2.75) is 39.2 Å². The first kappa shape index (κ1) is 13.7. The number of rotatable bonds is 6. The fourth-order valence-electron chi connectivity index (χ4n) is 1.75. The highest BCUT2D eigenvalue weighted by molar-refractivity contribution is 5.94. The highest BCUT2D eigenvalue weighted by Crippen LogP contribution is 2.10. The van der Waals surface area contributed by atoms with E-state index in [9.17, 15) is 9.59 Å². The zero-order valence-corrected chi connectivity index (χ0v) is 10.4. The van der Waals surface area contributed by atoms with Crippen LogP contribution in [-0.4, -0.2) is 36.1 Å². The van der Waals surface area contributed by atoms with Crippen molar-refractivity contribution in [3.8, 4) is 0 Å². The van der Waals surface area contributed by atoms with Gasteiger partial charge in [0.15, 0.2) is 0 Å². The maximum absolute atomic E-state index is 11.9. The van der Waals surface area contributed by atoms with Crippen LogP contribution in [0.5, 0.6) is 0 Å². The molecular weight excluding hydrogens is 220 g/mol. The number of hydrogen-bond donors (Lipinski definition) is 3. The standard InChI is InChI=1S/C12H20N2O3/c1-3-4-10(5-11(15)16)14-12(17)8(2)9-6-13-7-9/h10,13H,3-7H2,1-2H3,(H,14,17)(H,15,16). The third-order valence-electron chi connectivity index (χ3n) is 2.94. The van der Waals surface area contributed by atoms with Gasteiger partial charge in [0.25, 0.3) is 0 Å². The molecule has 1 unspecified atom stereocenters. The average Bonchev–Trinajstić information content (AvgIpc) is 2.13. The summed E-state index contributed by atoms with van der Waals surface area (Å²) in [6.07, 6.45) is 1.54. The number of carbonyl (C=O) groups is 2. The highest BCUT2D eigenvalue weighted by Gasteiger charge is 2.19. The fraction of sp³-hybridized carbons (Fsp3) is 0.667. The van der Waals surface area contributed by atoms with Crippen LogP contribution in [0.1, 0.15) is 33.1 Å². The van der Waals surface area contributed by atoms with Crippen LogP contribution in [0.4, 0.5) is 0 Å². The van der Waals surface area contributed by atoms with Gasteiger partial charge in [0.1, 0.15) is 0 Å². The van der Waals surface area contributed by atoms with Crippen LogP contribution in [0.15, 0.2) is 11.1 Å². The van der Waals surface area contributed by atoms with Crippen LogP contribution < -0.4 is 10.6 Å². The summed E-state index contributed by atoms with van der Waals surface area (Å²) in [6.45, 7) is 5.28. The molecule has 5 nitrogen and oxygen atoms in total. The number of nitrogens with one attached hydrogen (secondary N) is 2. The maximum atomic E-state index is 11.9. The lowest BCUT2D eigenvalue weighted by Gasteiger charge is -2.23. The van der Waals surface area contributed by atoms with Crippen molar-refractivity contribution in [2.75, 3.05) is 13.1 Å². The number of amides is 1. The quantitative estimate of drug-likeness (QED) is 0.596. The monoisotopic (exact) mass is 240 g/mol. The molecule has 3 N–H and O–H groups in total. The van der Waals surface area contributed by atoms with Crippen molar-refractivity contribution in [3.05, 3.63) is 11.1 Å². The molecule has 0 bridgehead atoms. The molecule has 1 aliphatic rings. The molecule has 96 valence electrons. The van der Waals surface area contributed by atoms with Gasteiger partial charge in [-0.1, -0.05) is 13.3 Å². The van der Waals surface area contributed by atoms with Crippen LogP contribution in [0.2, 0.25) is 0 Å². The van der Waals surface area contributed by atoms with Gasteiger partial charge in [-0.25, -0.2) is 0 Å². The van der Waals surface area contributed by atoms with E-state index in [4.69, 9.17) is 5.11 Å². The molecule has 1 saturated heterocycles. The second kappa shape index (κ2) is 6.39. The minimum absolute atomic E-state index is 0.0134. The lowest BCUT2D eigenvalue weighted by molar-refractivity contribution is -0.137. The van der Waals surface area contributed by atoms with Gasteiger partial charge in [-0.2, -0.15) is 0 Å². The van der Waals surface area contributed by atoms with Crippen LogP contribution in [0.3, 0.4) is 0 Å². The van der Waals surface area contributed by atoms with Crippen LogP contribution in [-0.2, 0) is 9.59 Å². The SMILES string of the molecule is CCCC(CC(=O)O)NC(=O)C(C)=C1CNC1. The van der Waals surface area contributed by atoms with Crippen molar-refractivity contribution < 1.29 is 14.7 Å². The first-order chi connectivity index (χ1) is 8.04. The van der Waals surface area contributed by atoms with E-state index in [2.05, 4.69) is 10.6 Å². The van der Waals surface area contributed by atoms with E-state index in [-0.39, 0.29) is 18.4 Å². The van der Waals surface area contributed by atoms with Gasteiger partial charge >= 0.3 is 5.97 Å². The van der Waals surface area contributed by atoms with E-state index in [1.165, 1.54) is 0 Å². The molecule has 1 fully saturated rings. The Balaban J connectivity index is 2.53. The van der Waals surface area contributed by atoms with Gasteiger partial charge in [0, 0.05) is 24.7 Å². The van der Waals surface area contributed by atoms with E-state index in [0.717, 1.165) is 30.7 Å². The van der Waals surface area contributed by atoms with E-state index in [1.807, 2.05) is 6.92 Å². The summed E-state index contributed by atoms with van der Waals surface area (Å²) < 4.78 is 0. The molecule has 1 aliphatic heterocycles. The molecule has 1 atom stereocenters. The van der Waals surface area contributed by atoms with E-state index in [1.54, 1.807) is 6.92 Å². The average molecular weight is 240 g/mol. The molecule has 1 heterocycles. The van der Waals surface area contributed by atoms with E-state index < -0.39 is 5.97 Å². The second-order valence-corrected chi connectivity index (χ2v) is 4.39. The zero-order chi connectivity index (χ0) is 12.8. The molecule has 17 heavy (non-hydrogen) atoms. The predicted octanol–water partition coefficient (Wildman–Crippen LogP) is 0.666. The minimum Gasteiger partial charge on any atom is -0.481 e. The fourth-order valence-corrected chi connectivity index (χ4v) is 1.75. The van der Waals surface area contributed by atoms with Gasteiger partial charge < -0.3 is 15.7 Å². The topological polar surface area (TPSA) is 78.4 Å². The molecule has 0 aromatic carbocycles. The molecule has 1 rings (SSSR count). The summed E-state index contributed by atoms with van der Waals surface area (Å²) in [5, 5.41) is 14.6. The molecule has 0 aromatic rings. The Kier molecular flexibility index (Phi) is 5.15. The summed E-state index contributed by atoms with van der Waals surface area (Å²) in [6, 6.07) is -0.270. The van der Waals surface area contributed by atoms with Gasteiger partial charge in [0.2, 0.25) is 5.91 Å². The molecule has 0 aromatic heterocycles. The molecule has 0 spiro atoms. The molecule has 0 radical (unpaired) electrons. The second-order valence-electron chi connectivity index (χ2n) is 4.39. The van der Waals surface area contributed by atoms with Crippen LogP contribution >= 0.6 is 0 Å². The zero-order valence-electron chi connectivity index (χ0n) is 10.4. The Morgan fingerprint density at radius 3 is 2.53 bits per heavy atom. The summed E-state index contributed by atoms with van der Waals surface area (Å²) >= 11 is 0. The van der Waals surface area contributed by atoms with Crippen molar-refractivity contribution in [2.24, 2.45) is 0 Å². The Labute approximate surface area is 101 Å². The summed E-state index contributed by atoms with van der Waals surface area (Å²) in [4.78, 5) is 22.5. The van der Waals surface area contributed by atoms with Gasteiger partial charge in [-0.05, 0) is 18.9 Å². The summed E-state index contributed by atoms with van der Waals surface area (Å²) in [7, 11) is 0. The van der Waals surface area contributed by atoms with Crippen LogP contribution in [0.25, 0.3) is 0 Å². The van der Waals surface area contributed by atoms with E-state index >= 15 is 0 Å². The predicted molar refractivity (Wildman–Crippen MR) is 64.7 cm³/mol. The summed E-state index contributed by atoms with van der Waals surface area (Å²) in [5.41, 5.74) is 1.82. The number of hydrogen-bond acceptors (Lipinski definition) is 3. The van der Waals surface area contributed by atoms with Gasteiger partial charge in [-0.3, -0.25) is 9.59 Å². The largest absolute Gasteiger partial charge is 0.481 e. The lowest BCUT2D eigenvalue weighted by Crippen LogP contribution is -2.41. The number of aliphatic carboxylic acids is 1. The van der Waals surface area contributed by atoms with E-state index in [0.29, 0.717) is 6.42 Å². The van der Waals surface area contributed by atoms with Crippen molar-refractivity contribution in [1.82, 2.24) is 10.6 Å². The molecule has 0 saturated carbocycles. The molecule has 5 heteroatoms. The molecule has 1 amide bonds. The maximum Gasteiger partial charge on any atom is 0.305 e. The highest BCUT2D eigenvalue weighted by atomic mass is 16.4. The number of carbonyl (C=O) groups excluding carboxylic acids is 1. The third-order valence-corrected chi connectivity index (χ3v) is 2.94. The van der Waals surface area contributed by atoms with Gasteiger partial charge in [-0.15, -0.1) is 0 Å². The van der Waals surface area contributed by atoms with Crippen molar-refractivity contribution in [3.63, 3.8) is 0 Å². The minimum atomic E-state index is -0.876. The number of carboxylic acids is 1. The normalized spacial score (nSPS) is 16.0. The van der Waals surface area contributed by atoms with Crippen molar-refractivity contribution >= 4 is 11.9 Å². The Morgan fingerprint density at radius 2 is 2.12 bits per heavy atom. The lowest BCUT2D eigenvalue weighted by atomic mass is 10.0. The Bertz CT molecular complexity index is 331. The van der Waals surface area contributed by atoms with Crippen LogP contribution in [0, 0.1) is 0 Å². The third kappa shape index (κ3) is 4.19. The molecular formula is C12H20N2O3. The first-order valence-electron chi connectivity index (χ1n) is 5.96. The summed E-state index contributed by atoms with van der Waals surface area (Å²) in [5.74, 6) is -1.01.